The Balaban J connectivity index is 2.86. The van der Waals surface area contributed by atoms with Crippen molar-refractivity contribution in [2.45, 2.75) is 6.42 Å². The number of methoxy groups -OCH3 is 1. The molecule has 1 aromatic rings. The largest absolute Gasteiger partial charge is 0.469 e. The molecule has 0 radical (unpaired) electrons. The molecule has 0 amide bonds. The van der Waals surface area contributed by atoms with Gasteiger partial charge in [-0.3, -0.25) is 4.79 Å². The van der Waals surface area contributed by atoms with Gasteiger partial charge in [-0.2, -0.15) is 12.6 Å². The molecule has 0 aliphatic heterocycles. The van der Waals surface area contributed by atoms with Crippen LogP contribution in [0.5, 0.6) is 0 Å². The number of rotatable bonds is 4. The average molecular weight is 222 g/mol. The Morgan fingerprint density at radius 2 is 2.20 bits per heavy atom. The van der Waals surface area contributed by atoms with Crippen molar-refractivity contribution >= 4 is 24.7 Å². The molecule has 0 heterocycles. The van der Waals surface area contributed by atoms with Gasteiger partial charge in [0.15, 0.2) is 0 Å². The highest BCUT2D eigenvalue weighted by molar-refractivity contribution is 7.80. The van der Waals surface area contributed by atoms with Crippen LogP contribution in [-0.2, 0) is 16.0 Å². The lowest BCUT2D eigenvalue weighted by atomic mass is 10.0. The normalized spacial score (nSPS) is 10.5. The predicted octanol–water partition coefficient (Wildman–Crippen LogP) is 2.35. The summed E-state index contributed by atoms with van der Waals surface area (Å²) in [5, 5.41) is 0. The molecule has 0 saturated heterocycles. The van der Waals surface area contributed by atoms with Crippen molar-refractivity contribution in [3.05, 3.63) is 41.5 Å². The molecule has 1 aromatic carbocycles. The molecular weight excluding hydrogens is 208 g/mol. The molecule has 0 aromatic heterocycles. The molecule has 0 unspecified atom stereocenters. The molecule has 0 aliphatic rings. The van der Waals surface area contributed by atoms with Gasteiger partial charge >= 0.3 is 5.97 Å². The topological polar surface area (TPSA) is 26.3 Å². The Bertz CT molecular complexity index is 358. The number of ether oxygens (including phenoxy) is 1. The molecule has 0 N–H and O–H groups in total. The number of carbonyl (C=O) groups excluding carboxylic acids is 1. The van der Waals surface area contributed by atoms with Crippen LogP contribution in [0.25, 0.3) is 6.08 Å². The fourth-order valence-corrected chi connectivity index (χ4v) is 1.37. The SMILES string of the molecule is COC(=O)Cc1ccccc1C=CCS. The van der Waals surface area contributed by atoms with Crippen LogP contribution in [0.1, 0.15) is 11.1 Å². The third kappa shape index (κ3) is 3.80. The van der Waals surface area contributed by atoms with Gasteiger partial charge in [0, 0.05) is 5.75 Å². The van der Waals surface area contributed by atoms with Gasteiger partial charge in [0.1, 0.15) is 0 Å². The van der Waals surface area contributed by atoms with E-state index in [2.05, 4.69) is 17.4 Å². The van der Waals surface area contributed by atoms with Gasteiger partial charge in [-0.05, 0) is 11.1 Å². The number of esters is 1. The van der Waals surface area contributed by atoms with Crippen molar-refractivity contribution in [1.82, 2.24) is 0 Å². The van der Waals surface area contributed by atoms with E-state index in [1.165, 1.54) is 7.11 Å². The lowest BCUT2D eigenvalue weighted by Gasteiger charge is -2.04. The third-order valence-corrected chi connectivity index (χ3v) is 2.23. The van der Waals surface area contributed by atoms with Gasteiger partial charge in [-0.1, -0.05) is 36.4 Å². The van der Waals surface area contributed by atoms with Crippen molar-refractivity contribution in [3.8, 4) is 0 Å². The molecular formula is C12H14O2S. The molecule has 3 heteroatoms. The highest BCUT2D eigenvalue weighted by Gasteiger charge is 2.05. The Kier molecular flexibility index (Phi) is 4.98. The van der Waals surface area contributed by atoms with Gasteiger partial charge in [0.05, 0.1) is 13.5 Å². The highest BCUT2D eigenvalue weighted by Crippen LogP contribution is 2.12. The van der Waals surface area contributed by atoms with Crippen LogP contribution in [0.15, 0.2) is 30.3 Å². The molecule has 80 valence electrons. The molecule has 0 bridgehead atoms. The van der Waals surface area contributed by atoms with Crippen LogP contribution in [0, 0.1) is 0 Å². The first-order valence-electron chi connectivity index (χ1n) is 4.70. The van der Waals surface area contributed by atoms with E-state index in [0.717, 1.165) is 11.1 Å². The van der Waals surface area contributed by atoms with E-state index >= 15 is 0 Å². The fraction of sp³-hybridized carbons (Fsp3) is 0.250. The van der Waals surface area contributed by atoms with Crippen LogP contribution in [0.4, 0.5) is 0 Å². The van der Waals surface area contributed by atoms with Crippen LogP contribution >= 0.6 is 12.6 Å². The molecule has 2 nitrogen and oxygen atoms in total. The van der Waals surface area contributed by atoms with Gasteiger partial charge in [0.25, 0.3) is 0 Å². The first kappa shape index (κ1) is 11.9. The molecule has 0 atom stereocenters. The zero-order valence-corrected chi connectivity index (χ0v) is 9.54. The first-order valence-corrected chi connectivity index (χ1v) is 5.33. The van der Waals surface area contributed by atoms with E-state index in [9.17, 15) is 4.79 Å². The van der Waals surface area contributed by atoms with Crippen LogP contribution in [-0.4, -0.2) is 18.8 Å². The van der Waals surface area contributed by atoms with Crippen molar-refractivity contribution < 1.29 is 9.53 Å². The summed E-state index contributed by atoms with van der Waals surface area (Å²) in [6.07, 6.45) is 4.22. The minimum absolute atomic E-state index is 0.221. The molecule has 15 heavy (non-hydrogen) atoms. The van der Waals surface area contributed by atoms with Crippen molar-refractivity contribution in [2.24, 2.45) is 0 Å². The summed E-state index contributed by atoms with van der Waals surface area (Å²) in [6.45, 7) is 0. The van der Waals surface area contributed by atoms with E-state index in [1.807, 2.05) is 36.4 Å². The second-order valence-electron chi connectivity index (χ2n) is 3.04. The van der Waals surface area contributed by atoms with Gasteiger partial charge < -0.3 is 4.74 Å². The Hall–Kier alpha value is -1.22. The fourth-order valence-electron chi connectivity index (χ4n) is 1.27. The lowest BCUT2D eigenvalue weighted by molar-refractivity contribution is -0.139. The van der Waals surface area contributed by atoms with Crippen LogP contribution in [0.2, 0.25) is 0 Å². The molecule has 0 aliphatic carbocycles. The first-order chi connectivity index (χ1) is 7.27. The molecule has 0 fully saturated rings. The van der Waals surface area contributed by atoms with E-state index in [4.69, 9.17) is 0 Å². The number of hydrogen-bond acceptors (Lipinski definition) is 3. The summed E-state index contributed by atoms with van der Waals surface area (Å²) < 4.78 is 4.64. The molecule has 0 saturated carbocycles. The zero-order chi connectivity index (χ0) is 11.1. The minimum atomic E-state index is -0.221. The summed E-state index contributed by atoms with van der Waals surface area (Å²) in [6, 6.07) is 7.75. The van der Waals surface area contributed by atoms with Gasteiger partial charge in [-0.15, -0.1) is 0 Å². The third-order valence-electron chi connectivity index (χ3n) is 2.02. The lowest BCUT2D eigenvalue weighted by Crippen LogP contribution is -2.05. The highest BCUT2D eigenvalue weighted by atomic mass is 32.1. The second-order valence-corrected chi connectivity index (χ2v) is 3.40. The Morgan fingerprint density at radius 3 is 2.87 bits per heavy atom. The summed E-state index contributed by atoms with van der Waals surface area (Å²) in [7, 11) is 1.40. The van der Waals surface area contributed by atoms with E-state index in [-0.39, 0.29) is 5.97 Å². The maximum Gasteiger partial charge on any atom is 0.309 e. The summed E-state index contributed by atoms with van der Waals surface area (Å²) in [5.74, 6) is 0.466. The average Bonchev–Trinajstić information content (AvgIpc) is 2.28. The zero-order valence-electron chi connectivity index (χ0n) is 8.64. The van der Waals surface area contributed by atoms with Crippen LogP contribution < -0.4 is 0 Å². The summed E-state index contributed by atoms with van der Waals surface area (Å²) in [5.41, 5.74) is 2.01. The standard InChI is InChI=1S/C12H14O2S/c1-14-12(13)9-11-6-3-2-5-10(11)7-4-8-15/h2-7,15H,8-9H2,1H3. The van der Waals surface area contributed by atoms with Gasteiger partial charge in [-0.25, -0.2) is 0 Å². The van der Waals surface area contributed by atoms with Crippen LogP contribution in [0.3, 0.4) is 0 Å². The summed E-state index contributed by atoms with van der Waals surface area (Å²) in [4.78, 5) is 11.1. The number of benzene rings is 1. The quantitative estimate of drug-likeness (QED) is 0.625. The molecule has 1 rings (SSSR count). The smallest absolute Gasteiger partial charge is 0.309 e. The van der Waals surface area contributed by atoms with Gasteiger partial charge in [0.2, 0.25) is 0 Å². The Morgan fingerprint density at radius 1 is 1.47 bits per heavy atom. The second kappa shape index (κ2) is 6.30. The number of carbonyl (C=O) groups is 1. The maximum absolute atomic E-state index is 11.1. The molecule has 0 spiro atoms. The number of hydrogen-bond donors (Lipinski definition) is 1. The summed E-state index contributed by atoms with van der Waals surface area (Å²) >= 11 is 4.09. The van der Waals surface area contributed by atoms with E-state index in [1.54, 1.807) is 0 Å². The maximum atomic E-state index is 11.1. The predicted molar refractivity (Wildman–Crippen MR) is 65.0 cm³/mol. The van der Waals surface area contributed by atoms with E-state index < -0.39 is 0 Å². The van der Waals surface area contributed by atoms with E-state index in [0.29, 0.717) is 12.2 Å². The monoisotopic (exact) mass is 222 g/mol. The number of thiol groups is 1. The van der Waals surface area contributed by atoms with Crippen molar-refractivity contribution in [2.75, 3.05) is 12.9 Å². The Labute approximate surface area is 95.4 Å². The minimum Gasteiger partial charge on any atom is -0.469 e. The van der Waals surface area contributed by atoms with Crippen molar-refractivity contribution in [3.63, 3.8) is 0 Å². The van der Waals surface area contributed by atoms with Crippen molar-refractivity contribution in [1.29, 1.82) is 0 Å².